The zero-order valence-corrected chi connectivity index (χ0v) is 18.1. The number of carbonyl (C=O) groups is 4. The van der Waals surface area contributed by atoms with Crippen molar-refractivity contribution in [3.63, 3.8) is 0 Å². The number of nitrogens with zero attached hydrogens (tertiary/aromatic N) is 1. The number of H-pyrrole nitrogens is 1. The summed E-state index contributed by atoms with van der Waals surface area (Å²) in [5, 5.41) is 14.6. The highest BCUT2D eigenvalue weighted by molar-refractivity contribution is 6.38. The second-order valence-electron chi connectivity index (χ2n) is 9.02. The summed E-state index contributed by atoms with van der Waals surface area (Å²) < 4.78 is 5.18. The van der Waals surface area contributed by atoms with Gasteiger partial charge in [-0.05, 0) is 17.4 Å². The minimum absolute atomic E-state index is 0.0876. The van der Waals surface area contributed by atoms with Crippen LogP contribution in [0.2, 0.25) is 0 Å². The molecule has 30 heavy (non-hydrogen) atoms. The molecular formula is C20H31N5O5. The van der Waals surface area contributed by atoms with E-state index in [0.717, 1.165) is 5.69 Å². The van der Waals surface area contributed by atoms with E-state index in [2.05, 4.69) is 26.1 Å². The Morgan fingerprint density at radius 1 is 1.30 bits per heavy atom. The Labute approximate surface area is 175 Å². The highest BCUT2D eigenvalue weighted by atomic mass is 16.5. The number of amides is 3. The third-order valence-electron chi connectivity index (χ3n) is 4.49. The van der Waals surface area contributed by atoms with Gasteiger partial charge in [0.05, 0.1) is 12.3 Å². The number of aromatic amines is 1. The number of carbonyl (C=O) groups excluding carboxylic acids is 4. The molecule has 1 aromatic rings. The first-order valence-electron chi connectivity index (χ1n) is 10.0. The number of ketones is 1. The van der Waals surface area contributed by atoms with Gasteiger partial charge in [0.1, 0.15) is 12.1 Å². The first kappa shape index (κ1) is 23.4. The summed E-state index contributed by atoms with van der Waals surface area (Å²) in [6.07, 6.45) is -0.126. The van der Waals surface area contributed by atoms with Gasteiger partial charge in [0.2, 0.25) is 11.7 Å². The number of alkyl carbamates (subject to hydrolysis) is 1. The van der Waals surface area contributed by atoms with E-state index < -0.39 is 35.8 Å². The van der Waals surface area contributed by atoms with E-state index in [-0.39, 0.29) is 30.9 Å². The normalized spacial score (nSPS) is 18.4. The minimum atomic E-state index is -1.09. The van der Waals surface area contributed by atoms with Crippen molar-refractivity contribution in [2.45, 2.75) is 59.5 Å². The molecule has 0 fully saturated rings. The van der Waals surface area contributed by atoms with E-state index in [1.807, 2.05) is 20.8 Å². The molecule has 3 amide bonds. The zero-order valence-electron chi connectivity index (χ0n) is 18.1. The van der Waals surface area contributed by atoms with E-state index in [1.54, 1.807) is 19.9 Å². The van der Waals surface area contributed by atoms with E-state index in [0.29, 0.717) is 12.1 Å². The molecule has 2 unspecified atom stereocenters. The molecule has 166 valence electrons. The lowest BCUT2D eigenvalue weighted by atomic mass is 9.99. The molecule has 10 nitrogen and oxygen atoms in total. The van der Waals surface area contributed by atoms with E-state index in [9.17, 15) is 19.2 Å². The van der Waals surface area contributed by atoms with Crippen molar-refractivity contribution >= 4 is 23.7 Å². The second kappa shape index (κ2) is 9.73. The van der Waals surface area contributed by atoms with Gasteiger partial charge in [0, 0.05) is 25.1 Å². The van der Waals surface area contributed by atoms with Gasteiger partial charge in [-0.2, -0.15) is 5.10 Å². The third kappa shape index (κ3) is 6.85. The predicted molar refractivity (Wildman–Crippen MR) is 109 cm³/mol. The van der Waals surface area contributed by atoms with Crippen molar-refractivity contribution in [3.05, 3.63) is 17.5 Å². The van der Waals surface area contributed by atoms with Gasteiger partial charge in [-0.15, -0.1) is 0 Å². The van der Waals surface area contributed by atoms with Crippen molar-refractivity contribution in [2.75, 3.05) is 13.2 Å². The fraction of sp³-hybridized carbons (Fsp3) is 0.650. The van der Waals surface area contributed by atoms with E-state index >= 15 is 0 Å². The third-order valence-corrected chi connectivity index (χ3v) is 4.49. The molecule has 0 aliphatic carbocycles. The highest BCUT2D eigenvalue weighted by Gasteiger charge is 2.32. The summed E-state index contributed by atoms with van der Waals surface area (Å²) in [6.45, 7) is 9.74. The summed E-state index contributed by atoms with van der Waals surface area (Å²) in [6, 6.07) is -0.218. The molecule has 0 radical (unpaired) electrons. The van der Waals surface area contributed by atoms with Gasteiger partial charge < -0.3 is 20.7 Å². The molecule has 2 bridgehead atoms. The van der Waals surface area contributed by atoms with Crippen LogP contribution >= 0.6 is 0 Å². The number of hydrogen-bond acceptors (Lipinski definition) is 6. The molecule has 1 aliphatic heterocycles. The lowest BCUT2D eigenvalue weighted by Gasteiger charge is -2.25. The van der Waals surface area contributed by atoms with Crippen LogP contribution in [0.1, 0.15) is 46.0 Å². The SMILES string of the molecule is CC(C)C(NC(=O)OCC(C)(C)C)C(=O)NC1Cc2cc(n[nH]2)CCNC(=O)C1=O. The molecule has 2 atom stereocenters. The standard InChI is InChI=1S/C20H31N5O5/c1-11(2)15(23-19(29)30-10-20(3,4)5)17(27)22-14-9-13-8-12(24-25-13)6-7-21-18(28)16(14)26/h8,11,14-15H,6-7,9-10H2,1-5H3,(H,21,28)(H,22,27)(H,23,29)(H,24,25). The number of rotatable bonds is 5. The Balaban J connectivity index is 2.10. The first-order valence-corrected chi connectivity index (χ1v) is 10.0. The van der Waals surface area contributed by atoms with Gasteiger partial charge in [-0.3, -0.25) is 19.5 Å². The Kier molecular flexibility index (Phi) is 7.58. The molecule has 1 aromatic heterocycles. The van der Waals surface area contributed by atoms with Crippen molar-refractivity contribution in [1.82, 2.24) is 26.1 Å². The number of hydrogen-bond donors (Lipinski definition) is 4. The molecule has 0 saturated carbocycles. The van der Waals surface area contributed by atoms with Gasteiger partial charge in [-0.25, -0.2) is 4.79 Å². The van der Waals surface area contributed by atoms with Crippen LogP contribution < -0.4 is 16.0 Å². The van der Waals surface area contributed by atoms with Gasteiger partial charge in [-0.1, -0.05) is 34.6 Å². The van der Waals surface area contributed by atoms with Crippen LogP contribution in [0.3, 0.4) is 0 Å². The van der Waals surface area contributed by atoms with Crippen LogP contribution in [0, 0.1) is 11.3 Å². The molecule has 4 N–H and O–H groups in total. The average Bonchev–Trinajstić information content (AvgIpc) is 3.08. The molecule has 0 saturated heterocycles. The summed E-state index contributed by atoms with van der Waals surface area (Å²) in [5.41, 5.74) is 1.18. The maximum Gasteiger partial charge on any atom is 0.407 e. The molecule has 2 rings (SSSR count). The zero-order chi connectivity index (χ0) is 22.5. The maximum atomic E-state index is 12.9. The van der Waals surface area contributed by atoms with Crippen LogP contribution in [0.4, 0.5) is 4.79 Å². The molecule has 0 spiro atoms. The van der Waals surface area contributed by atoms with Gasteiger partial charge >= 0.3 is 6.09 Å². The second-order valence-corrected chi connectivity index (χ2v) is 9.02. The molecule has 0 aromatic carbocycles. The average molecular weight is 421 g/mol. The highest BCUT2D eigenvalue weighted by Crippen LogP contribution is 2.13. The van der Waals surface area contributed by atoms with Crippen LogP contribution in [0.5, 0.6) is 0 Å². The van der Waals surface area contributed by atoms with Gasteiger partial charge in [0.25, 0.3) is 5.91 Å². The number of ether oxygens (including phenoxy) is 1. The van der Waals surface area contributed by atoms with Crippen molar-refractivity contribution in [1.29, 1.82) is 0 Å². The van der Waals surface area contributed by atoms with Gasteiger partial charge in [0.15, 0.2) is 0 Å². The van der Waals surface area contributed by atoms with E-state index in [1.165, 1.54) is 0 Å². The fourth-order valence-electron chi connectivity index (χ4n) is 2.87. The van der Waals surface area contributed by atoms with Crippen LogP contribution in [0.15, 0.2) is 6.07 Å². The number of aromatic nitrogens is 2. The van der Waals surface area contributed by atoms with Crippen LogP contribution in [-0.4, -0.2) is 59.1 Å². The number of nitrogens with one attached hydrogen (secondary N) is 4. The molecule has 2 heterocycles. The lowest BCUT2D eigenvalue weighted by Crippen LogP contribution is -2.56. The largest absolute Gasteiger partial charge is 0.449 e. The topological polar surface area (TPSA) is 142 Å². The Morgan fingerprint density at radius 3 is 2.63 bits per heavy atom. The van der Waals surface area contributed by atoms with Crippen molar-refractivity contribution < 1.29 is 23.9 Å². The Hall–Kier alpha value is -2.91. The van der Waals surface area contributed by atoms with Crippen LogP contribution in [-0.2, 0) is 32.0 Å². The lowest BCUT2D eigenvalue weighted by molar-refractivity contribution is -0.140. The molecule has 1 aliphatic rings. The number of fused-ring (bicyclic) bond motifs is 2. The summed E-state index contributed by atoms with van der Waals surface area (Å²) in [7, 11) is 0. The summed E-state index contributed by atoms with van der Waals surface area (Å²) in [5.74, 6) is -2.35. The van der Waals surface area contributed by atoms with Crippen molar-refractivity contribution in [2.24, 2.45) is 11.3 Å². The van der Waals surface area contributed by atoms with Crippen LogP contribution in [0.25, 0.3) is 0 Å². The molecular weight excluding hydrogens is 390 g/mol. The first-order chi connectivity index (χ1) is 14.0. The Morgan fingerprint density at radius 2 is 2.00 bits per heavy atom. The fourth-order valence-corrected chi connectivity index (χ4v) is 2.87. The minimum Gasteiger partial charge on any atom is -0.449 e. The molecule has 10 heteroatoms. The summed E-state index contributed by atoms with van der Waals surface area (Å²) in [4.78, 5) is 49.7. The van der Waals surface area contributed by atoms with Crippen molar-refractivity contribution in [3.8, 4) is 0 Å². The number of Topliss-reactive ketones (excluding diaryl/α,β-unsaturated/α-hetero) is 1. The Bertz CT molecular complexity index is 796. The maximum absolute atomic E-state index is 12.9. The predicted octanol–water partition coefficient (Wildman–Crippen LogP) is 0.475. The van der Waals surface area contributed by atoms with E-state index in [4.69, 9.17) is 4.74 Å². The summed E-state index contributed by atoms with van der Waals surface area (Å²) >= 11 is 0. The monoisotopic (exact) mass is 421 g/mol. The smallest absolute Gasteiger partial charge is 0.407 e. The quantitative estimate of drug-likeness (QED) is 0.509.